The maximum absolute atomic E-state index is 12.8. The second-order valence-corrected chi connectivity index (χ2v) is 3.34. The van der Waals surface area contributed by atoms with E-state index in [4.69, 9.17) is 0 Å². The molecule has 0 radical (unpaired) electrons. The molecule has 0 atom stereocenters. The minimum atomic E-state index is -5.36. The van der Waals surface area contributed by atoms with Crippen molar-refractivity contribution < 1.29 is 41.1 Å². The minimum Gasteiger partial charge on any atom is -0.465 e. The first-order valence-electron chi connectivity index (χ1n) is 4.88. The molecular weight excluding hydrogens is 311 g/mol. The first-order valence-corrected chi connectivity index (χ1v) is 4.88. The Kier molecular flexibility index (Phi) is 4.60. The lowest BCUT2D eigenvalue weighted by Gasteiger charge is -2.12. The van der Waals surface area contributed by atoms with Gasteiger partial charge in [0.25, 0.3) is 0 Å². The normalized spacial score (nSPS) is 11.4. The minimum absolute atomic E-state index is 0.103. The lowest BCUT2D eigenvalue weighted by atomic mass is 10.1. The van der Waals surface area contributed by atoms with Crippen molar-refractivity contribution in [3.63, 3.8) is 0 Å². The molecule has 0 aliphatic carbocycles. The molecule has 0 saturated heterocycles. The van der Waals surface area contributed by atoms with E-state index in [-0.39, 0.29) is 6.07 Å². The summed E-state index contributed by atoms with van der Waals surface area (Å²) in [4.78, 5) is 23.3. The van der Waals surface area contributed by atoms with Crippen molar-refractivity contribution in [1.29, 1.82) is 0 Å². The second kappa shape index (κ2) is 5.85. The predicted octanol–water partition coefficient (Wildman–Crippen LogP) is 2.61. The van der Waals surface area contributed by atoms with Crippen LogP contribution in [0.1, 0.15) is 22.5 Å². The van der Waals surface area contributed by atoms with Gasteiger partial charge in [0.05, 0.1) is 13.2 Å². The molecule has 0 bridgehead atoms. The molecule has 0 unspecified atom stereocenters. The summed E-state index contributed by atoms with van der Waals surface area (Å²) in [5, 5.41) is 10.5. The zero-order chi connectivity index (χ0) is 16.4. The van der Waals surface area contributed by atoms with Crippen LogP contribution < -0.4 is 4.74 Å². The molecule has 1 heterocycles. The Morgan fingerprint density at radius 3 is 2.38 bits per heavy atom. The van der Waals surface area contributed by atoms with Gasteiger partial charge in [-0.3, -0.25) is 0 Å². The van der Waals surface area contributed by atoms with Gasteiger partial charge >= 0.3 is 24.6 Å². The number of carbonyl (C=O) groups excluding carboxylic acids is 1. The fourth-order valence-corrected chi connectivity index (χ4v) is 1.29. The van der Waals surface area contributed by atoms with Crippen molar-refractivity contribution in [2.24, 2.45) is 0 Å². The number of nitrogens with zero attached hydrogens (tertiary/aromatic N) is 2. The summed E-state index contributed by atoms with van der Waals surface area (Å²) < 4.78 is 69.5. The number of nitro groups is 1. The Hall–Kier alpha value is -2.53. The van der Waals surface area contributed by atoms with Gasteiger partial charge in [-0.25, -0.2) is 13.6 Å². The van der Waals surface area contributed by atoms with E-state index in [9.17, 15) is 36.9 Å². The maximum atomic E-state index is 12.8. The van der Waals surface area contributed by atoms with Gasteiger partial charge in [0.1, 0.15) is 0 Å². The van der Waals surface area contributed by atoms with E-state index in [0.717, 1.165) is 7.11 Å². The highest BCUT2D eigenvalue weighted by Crippen LogP contribution is 2.35. The molecule has 0 aliphatic heterocycles. The Balaban J connectivity index is 3.62. The summed E-state index contributed by atoms with van der Waals surface area (Å²) in [6.07, 6.45) is -8.92. The lowest BCUT2D eigenvalue weighted by Crippen LogP contribution is -2.21. The number of esters is 1. The molecule has 1 aromatic rings. The number of hydrogen-bond acceptors (Lipinski definition) is 6. The highest BCUT2D eigenvalue weighted by atomic mass is 19.4. The molecular formula is C9H5F5N2O5. The van der Waals surface area contributed by atoms with Gasteiger partial charge in [0.15, 0.2) is 11.3 Å². The summed E-state index contributed by atoms with van der Waals surface area (Å²) in [5.74, 6) is -4.43. The van der Waals surface area contributed by atoms with Crippen molar-refractivity contribution in [3.05, 3.63) is 27.4 Å². The van der Waals surface area contributed by atoms with E-state index in [1.165, 1.54) is 0 Å². The van der Waals surface area contributed by atoms with Gasteiger partial charge in [-0.1, -0.05) is 0 Å². The molecule has 0 spiro atoms. The van der Waals surface area contributed by atoms with Crippen LogP contribution in [0, 0.1) is 10.1 Å². The average Bonchev–Trinajstić information content (AvgIpc) is 2.34. The van der Waals surface area contributed by atoms with E-state index in [1.54, 1.807) is 0 Å². The number of hydrogen-bond donors (Lipinski definition) is 0. The number of pyridine rings is 1. The third kappa shape index (κ3) is 3.97. The van der Waals surface area contributed by atoms with Gasteiger partial charge in [-0.15, -0.1) is 13.2 Å². The summed E-state index contributed by atoms with van der Waals surface area (Å²) in [7, 11) is 0.719. The molecule has 7 nitrogen and oxygen atoms in total. The first kappa shape index (κ1) is 16.5. The molecule has 0 saturated carbocycles. The Morgan fingerprint density at radius 2 is 2.00 bits per heavy atom. The Morgan fingerprint density at radius 1 is 1.43 bits per heavy atom. The van der Waals surface area contributed by atoms with Crippen LogP contribution in [-0.2, 0) is 4.74 Å². The molecule has 0 aromatic carbocycles. The molecule has 0 N–H and O–H groups in total. The highest BCUT2D eigenvalue weighted by Gasteiger charge is 2.39. The summed E-state index contributed by atoms with van der Waals surface area (Å²) >= 11 is 0. The van der Waals surface area contributed by atoms with Crippen LogP contribution in [0.5, 0.6) is 5.75 Å². The first-order chi connectivity index (χ1) is 9.56. The molecule has 12 heteroatoms. The zero-order valence-corrected chi connectivity index (χ0v) is 9.98. The number of rotatable bonds is 4. The molecule has 0 aliphatic rings. The van der Waals surface area contributed by atoms with Crippen molar-refractivity contribution >= 4 is 11.8 Å². The van der Waals surface area contributed by atoms with Crippen LogP contribution >= 0.6 is 0 Å². The van der Waals surface area contributed by atoms with Crippen LogP contribution in [0.3, 0.4) is 0 Å². The van der Waals surface area contributed by atoms with Gasteiger partial charge in [-0.05, 0) is 9.91 Å². The summed E-state index contributed by atoms with van der Waals surface area (Å²) in [5.41, 5.74) is -2.88. The van der Waals surface area contributed by atoms with E-state index < -0.39 is 46.5 Å². The van der Waals surface area contributed by atoms with Crippen molar-refractivity contribution in [1.82, 2.24) is 4.98 Å². The highest BCUT2D eigenvalue weighted by molar-refractivity contribution is 5.94. The second-order valence-electron chi connectivity index (χ2n) is 3.34. The number of aromatic nitrogens is 1. The Bertz CT molecular complexity index is 574. The number of ether oxygens (including phenoxy) is 2. The van der Waals surface area contributed by atoms with E-state index in [0.29, 0.717) is 0 Å². The topological polar surface area (TPSA) is 91.6 Å². The number of halogens is 5. The molecule has 21 heavy (non-hydrogen) atoms. The van der Waals surface area contributed by atoms with E-state index in [1.807, 2.05) is 0 Å². The molecule has 116 valence electrons. The Labute approximate surface area is 112 Å². The van der Waals surface area contributed by atoms with Crippen LogP contribution in [0.25, 0.3) is 0 Å². The smallest absolute Gasteiger partial charge is 0.465 e. The zero-order valence-electron chi connectivity index (χ0n) is 9.98. The largest absolute Gasteiger partial charge is 0.573 e. The quantitative estimate of drug-likeness (QED) is 0.367. The van der Waals surface area contributed by atoms with E-state index >= 15 is 0 Å². The molecule has 1 aromatic heterocycles. The van der Waals surface area contributed by atoms with Crippen LogP contribution in [0.2, 0.25) is 0 Å². The monoisotopic (exact) mass is 316 g/mol. The van der Waals surface area contributed by atoms with Gasteiger partial charge in [0.2, 0.25) is 5.69 Å². The number of alkyl halides is 5. The lowest BCUT2D eigenvalue weighted by molar-refractivity contribution is -0.390. The average molecular weight is 316 g/mol. The van der Waals surface area contributed by atoms with E-state index in [2.05, 4.69) is 14.5 Å². The van der Waals surface area contributed by atoms with Crippen LogP contribution in [0.4, 0.5) is 27.8 Å². The predicted molar refractivity (Wildman–Crippen MR) is 53.9 cm³/mol. The molecule has 0 amide bonds. The molecule has 0 fully saturated rings. The van der Waals surface area contributed by atoms with Crippen molar-refractivity contribution in [2.45, 2.75) is 12.8 Å². The fourth-order valence-electron chi connectivity index (χ4n) is 1.29. The number of carbonyl (C=O) groups is 1. The summed E-state index contributed by atoms with van der Waals surface area (Å²) in [6, 6.07) is 0.103. The van der Waals surface area contributed by atoms with Gasteiger partial charge in [-0.2, -0.15) is 0 Å². The SMILES string of the molecule is COC(=O)c1c(OC(F)(F)F)cc([N+](=O)[O-])nc1C(F)F. The standard InChI is InChI=1S/C9H5F5N2O5/c1-20-8(17)5-3(21-9(12,13)14)2-4(16(18)19)15-6(5)7(10)11/h2,7H,1H3. The van der Waals surface area contributed by atoms with Crippen LogP contribution in [-0.4, -0.2) is 29.3 Å². The maximum Gasteiger partial charge on any atom is 0.573 e. The van der Waals surface area contributed by atoms with Crippen LogP contribution in [0.15, 0.2) is 6.07 Å². The number of methoxy groups -OCH3 is 1. The van der Waals surface area contributed by atoms with Crippen molar-refractivity contribution in [3.8, 4) is 5.75 Å². The summed E-state index contributed by atoms with van der Waals surface area (Å²) in [6.45, 7) is 0. The molecule has 1 rings (SSSR count). The van der Waals surface area contributed by atoms with Gasteiger partial charge in [0, 0.05) is 0 Å². The fraction of sp³-hybridized carbons (Fsp3) is 0.333. The third-order valence-electron chi connectivity index (χ3n) is 2.01. The van der Waals surface area contributed by atoms with Gasteiger partial charge < -0.3 is 19.6 Å². The third-order valence-corrected chi connectivity index (χ3v) is 2.01. The van der Waals surface area contributed by atoms with Crippen molar-refractivity contribution in [2.75, 3.05) is 7.11 Å².